The van der Waals surface area contributed by atoms with E-state index in [1.807, 2.05) is 30.3 Å². The summed E-state index contributed by atoms with van der Waals surface area (Å²) in [5, 5.41) is 16.5. The second kappa shape index (κ2) is 9.64. The van der Waals surface area contributed by atoms with Crippen LogP contribution in [0.3, 0.4) is 0 Å². The van der Waals surface area contributed by atoms with Gasteiger partial charge in [-0.15, -0.1) is 0 Å². The zero-order chi connectivity index (χ0) is 24.6. The lowest BCUT2D eigenvalue weighted by Crippen LogP contribution is -2.64. The van der Waals surface area contributed by atoms with Gasteiger partial charge in [0.25, 0.3) is 5.89 Å². The van der Waals surface area contributed by atoms with E-state index in [0.29, 0.717) is 24.2 Å². The Morgan fingerprint density at radius 1 is 1.00 bits per heavy atom. The van der Waals surface area contributed by atoms with Crippen LogP contribution in [0.15, 0.2) is 59.1 Å². The van der Waals surface area contributed by atoms with Crippen molar-refractivity contribution >= 4 is 0 Å². The fourth-order valence-corrected chi connectivity index (χ4v) is 6.96. The highest BCUT2D eigenvalue weighted by atomic mass is 16.5. The molecule has 0 amide bonds. The number of hydrogen-bond donors (Lipinski definition) is 1. The van der Waals surface area contributed by atoms with Crippen LogP contribution in [0.2, 0.25) is 0 Å². The lowest BCUT2D eigenvalue weighted by Gasteiger charge is -2.51. The second-order valence-electron chi connectivity index (χ2n) is 11.4. The Kier molecular flexibility index (Phi) is 6.34. The van der Waals surface area contributed by atoms with Crippen molar-refractivity contribution < 1.29 is 18.8 Å². The standard InChI is InChI=1S/C30H38N3O3/c1-22-9-8-14-26(19-22)35-27-20-33(17-15-23(27)16-18-33)21-28-31-29(32-36-28)30(34,24-10-4-2-5-11-24)25-12-6-3-7-13-25/h2,4-5,8-11,14,19,23,25,27,34H,3,6-7,12-13,15-18,20-21H2,1H3/q+1/t23?,27-,30-,33?/m0/s1. The third-order valence-electron chi connectivity index (χ3n) is 9.01. The number of nitrogens with zero attached hydrogens (tertiary/aromatic N) is 3. The third kappa shape index (κ3) is 4.46. The number of rotatable bonds is 7. The Balaban J connectivity index is 1.23. The van der Waals surface area contributed by atoms with Gasteiger partial charge >= 0.3 is 0 Å². The summed E-state index contributed by atoms with van der Waals surface area (Å²) >= 11 is 0. The van der Waals surface area contributed by atoms with Gasteiger partial charge in [0.1, 0.15) is 12.3 Å². The molecule has 0 unspecified atom stereocenters. The Labute approximate surface area is 213 Å². The number of quaternary nitrogens is 1. The molecule has 2 atom stereocenters. The fraction of sp³-hybridized carbons (Fsp3) is 0.533. The van der Waals surface area contributed by atoms with E-state index in [9.17, 15) is 5.11 Å². The van der Waals surface area contributed by atoms with Crippen LogP contribution < -0.4 is 4.74 Å². The van der Waals surface area contributed by atoms with Crippen LogP contribution in [0.5, 0.6) is 5.75 Å². The summed E-state index contributed by atoms with van der Waals surface area (Å²) in [5.74, 6) is 2.73. The molecule has 36 heavy (non-hydrogen) atoms. The van der Waals surface area contributed by atoms with Crippen molar-refractivity contribution in [3.05, 3.63) is 77.4 Å². The Hall–Kier alpha value is -2.70. The highest BCUT2D eigenvalue weighted by Crippen LogP contribution is 2.43. The normalized spacial score (nSPS) is 28.1. The van der Waals surface area contributed by atoms with Crippen LogP contribution in [0.4, 0.5) is 0 Å². The van der Waals surface area contributed by atoms with Gasteiger partial charge in [0.15, 0.2) is 18.2 Å². The molecule has 3 aromatic rings. The first-order valence-electron chi connectivity index (χ1n) is 13.7. The van der Waals surface area contributed by atoms with E-state index in [1.54, 1.807) is 0 Å². The molecule has 6 heteroatoms. The topological polar surface area (TPSA) is 68.4 Å². The van der Waals surface area contributed by atoms with Gasteiger partial charge in [0.05, 0.1) is 13.1 Å². The van der Waals surface area contributed by atoms with Crippen LogP contribution in [0.25, 0.3) is 0 Å². The predicted octanol–water partition coefficient (Wildman–Crippen LogP) is 5.38. The van der Waals surface area contributed by atoms with E-state index in [1.165, 1.54) is 12.0 Å². The van der Waals surface area contributed by atoms with E-state index in [0.717, 1.165) is 74.0 Å². The zero-order valence-corrected chi connectivity index (χ0v) is 21.3. The maximum atomic E-state index is 12.1. The van der Waals surface area contributed by atoms with Gasteiger partial charge in [-0.1, -0.05) is 66.9 Å². The second-order valence-corrected chi connectivity index (χ2v) is 11.4. The summed E-state index contributed by atoms with van der Waals surface area (Å²) in [6.07, 6.45) is 7.98. The van der Waals surface area contributed by atoms with Crippen molar-refractivity contribution in [3.63, 3.8) is 0 Å². The lowest BCUT2D eigenvalue weighted by atomic mass is 9.73. The van der Waals surface area contributed by atoms with Crippen molar-refractivity contribution in [3.8, 4) is 5.75 Å². The first-order valence-corrected chi connectivity index (χ1v) is 13.7. The number of ether oxygens (including phenoxy) is 1. The number of piperidine rings is 3. The highest BCUT2D eigenvalue weighted by molar-refractivity contribution is 5.30. The summed E-state index contributed by atoms with van der Waals surface area (Å²) in [6.45, 7) is 5.99. The molecule has 1 saturated carbocycles. The van der Waals surface area contributed by atoms with Crippen LogP contribution in [0, 0.1) is 18.8 Å². The first-order chi connectivity index (χ1) is 17.5. The average molecular weight is 489 g/mol. The molecule has 4 aliphatic rings. The number of fused-ring (bicyclic) bond motifs is 3. The average Bonchev–Trinajstić information content (AvgIpc) is 3.38. The summed E-state index contributed by atoms with van der Waals surface area (Å²) in [4.78, 5) is 4.87. The highest BCUT2D eigenvalue weighted by Gasteiger charge is 2.49. The van der Waals surface area contributed by atoms with Crippen molar-refractivity contribution in [2.45, 2.75) is 70.1 Å². The maximum Gasteiger partial charge on any atom is 0.282 e. The number of benzene rings is 2. The molecule has 7 rings (SSSR count). The maximum absolute atomic E-state index is 12.1. The number of aryl methyl sites for hydroxylation is 1. The molecule has 1 N–H and O–H groups in total. The summed E-state index contributed by atoms with van der Waals surface area (Å²) in [5.41, 5.74) is 0.872. The minimum atomic E-state index is -1.21. The fourth-order valence-electron chi connectivity index (χ4n) is 6.96. The quantitative estimate of drug-likeness (QED) is 0.452. The smallest absolute Gasteiger partial charge is 0.282 e. The lowest BCUT2D eigenvalue weighted by molar-refractivity contribution is -0.959. The molecule has 3 saturated heterocycles. The van der Waals surface area contributed by atoms with E-state index in [2.05, 4.69) is 36.3 Å². The van der Waals surface area contributed by atoms with Crippen molar-refractivity contribution in [1.29, 1.82) is 0 Å². The summed E-state index contributed by atoms with van der Waals surface area (Å²) < 4.78 is 13.3. The van der Waals surface area contributed by atoms with E-state index >= 15 is 0 Å². The molecule has 1 aliphatic carbocycles. The molecule has 4 fully saturated rings. The minimum absolute atomic E-state index is 0.101. The van der Waals surface area contributed by atoms with Crippen molar-refractivity contribution in [1.82, 2.24) is 10.1 Å². The van der Waals surface area contributed by atoms with E-state index < -0.39 is 5.60 Å². The largest absolute Gasteiger partial charge is 0.484 e. The SMILES string of the molecule is Cc1cccc(O[C@H]2C[N+]3(Cc4nc([C@](O)(c5ccccc5)C5CCCCC5)no4)CCC2CC3)c1. The minimum Gasteiger partial charge on any atom is -0.484 e. The van der Waals surface area contributed by atoms with Crippen LogP contribution in [-0.2, 0) is 12.1 Å². The van der Waals surface area contributed by atoms with Gasteiger partial charge in [-0.05, 0) is 48.9 Å². The molecule has 4 heterocycles. The van der Waals surface area contributed by atoms with Gasteiger partial charge in [0.2, 0.25) is 5.82 Å². The van der Waals surface area contributed by atoms with E-state index in [4.69, 9.17) is 14.2 Å². The van der Waals surface area contributed by atoms with Gasteiger partial charge in [-0.2, -0.15) is 4.98 Å². The molecule has 3 aliphatic heterocycles. The number of hydrogen-bond acceptors (Lipinski definition) is 5. The van der Waals surface area contributed by atoms with Crippen LogP contribution in [0.1, 0.15) is 67.8 Å². The van der Waals surface area contributed by atoms with E-state index in [-0.39, 0.29) is 12.0 Å². The monoisotopic (exact) mass is 488 g/mol. The van der Waals surface area contributed by atoms with Gasteiger partial charge in [-0.3, -0.25) is 0 Å². The molecule has 0 spiro atoms. The molecule has 0 radical (unpaired) electrons. The number of aliphatic hydroxyl groups is 1. The first kappa shape index (κ1) is 23.7. The van der Waals surface area contributed by atoms with Gasteiger partial charge in [-0.25, -0.2) is 0 Å². The Morgan fingerprint density at radius 3 is 2.53 bits per heavy atom. The molecular formula is C30H38N3O3+. The molecule has 2 aromatic carbocycles. The number of aromatic nitrogens is 2. The van der Waals surface area contributed by atoms with Gasteiger partial charge < -0.3 is 18.8 Å². The Morgan fingerprint density at radius 2 is 1.78 bits per heavy atom. The van der Waals surface area contributed by atoms with Crippen LogP contribution in [-0.4, -0.2) is 45.5 Å². The Bertz CT molecular complexity index is 1160. The predicted molar refractivity (Wildman–Crippen MR) is 137 cm³/mol. The van der Waals surface area contributed by atoms with Crippen molar-refractivity contribution in [2.75, 3.05) is 19.6 Å². The summed E-state index contributed by atoms with van der Waals surface area (Å²) in [6, 6.07) is 18.3. The van der Waals surface area contributed by atoms with Crippen molar-refractivity contribution in [2.24, 2.45) is 11.8 Å². The molecule has 2 bridgehead atoms. The van der Waals surface area contributed by atoms with Crippen LogP contribution >= 0.6 is 0 Å². The molecule has 6 nitrogen and oxygen atoms in total. The van der Waals surface area contributed by atoms with Gasteiger partial charge in [0, 0.05) is 18.8 Å². The molecule has 190 valence electrons. The third-order valence-corrected chi connectivity index (χ3v) is 9.01. The zero-order valence-electron chi connectivity index (χ0n) is 21.3. The molecular weight excluding hydrogens is 450 g/mol. The summed E-state index contributed by atoms with van der Waals surface area (Å²) in [7, 11) is 0. The molecule has 1 aromatic heterocycles.